The van der Waals surface area contributed by atoms with Gasteiger partial charge >= 0.3 is 0 Å². The lowest BCUT2D eigenvalue weighted by atomic mass is 9.75. The van der Waals surface area contributed by atoms with Crippen LogP contribution in [0.2, 0.25) is 5.02 Å². The Morgan fingerprint density at radius 3 is 2.95 bits per heavy atom. The Bertz CT molecular complexity index is 1210. The molecule has 37 heavy (non-hydrogen) atoms. The fourth-order valence-electron chi connectivity index (χ4n) is 6.73. The number of imidazole rings is 1. The number of carbonyl (C=O) groups excluding carboxylic acids is 1. The van der Waals surface area contributed by atoms with Crippen LogP contribution in [-0.4, -0.2) is 51.0 Å². The Kier molecular flexibility index (Phi) is 7.37. The van der Waals surface area contributed by atoms with Crippen molar-refractivity contribution in [2.75, 3.05) is 19.6 Å². The molecule has 2 aromatic heterocycles. The monoisotopic (exact) mass is 581 g/mol. The van der Waals surface area contributed by atoms with E-state index in [0.29, 0.717) is 11.8 Å². The SMILES string of the molecule is O=C(C1CC([C@H]2c3ccc(Cl)cc3CCc3cc(Br)cnc32)CCN1)N1CCC[C@H](Cn2ccnc2)C1. The number of nitrogens with one attached hydrogen (secondary N) is 1. The van der Waals surface area contributed by atoms with Crippen LogP contribution < -0.4 is 5.32 Å². The lowest BCUT2D eigenvalue weighted by Gasteiger charge is -2.39. The summed E-state index contributed by atoms with van der Waals surface area (Å²) in [5.41, 5.74) is 5.10. The number of aryl methyl sites for hydroxylation is 2. The number of hydrogen-bond donors (Lipinski definition) is 1. The van der Waals surface area contributed by atoms with E-state index in [1.165, 1.54) is 22.4 Å². The van der Waals surface area contributed by atoms with Crippen LogP contribution in [0.4, 0.5) is 0 Å². The molecule has 2 fully saturated rings. The predicted octanol–water partition coefficient (Wildman–Crippen LogP) is 5.23. The van der Waals surface area contributed by atoms with Crippen molar-refractivity contribution in [3.8, 4) is 0 Å². The van der Waals surface area contributed by atoms with Crippen LogP contribution in [0.5, 0.6) is 0 Å². The van der Waals surface area contributed by atoms with Gasteiger partial charge in [0, 0.05) is 53.6 Å². The molecule has 2 unspecified atom stereocenters. The number of likely N-dealkylation sites (tertiary alicyclic amines) is 1. The second kappa shape index (κ2) is 10.9. The topological polar surface area (TPSA) is 63.1 Å². The molecule has 194 valence electrons. The van der Waals surface area contributed by atoms with Crippen LogP contribution in [-0.2, 0) is 24.2 Å². The summed E-state index contributed by atoms with van der Waals surface area (Å²) < 4.78 is 3.15. The molecule has 6 rings (SSSR count). The maximum Gasteiger partial charge on any atom is 0.239 e. The van der Waals surface area contributed by atoms with Crippen molar-refractivity contribution in [2.45, 2.75) is 57.0 Å². The Hall–Kier alpha value is -2.22. The van der Waals surface area contributed by atoms with Crippen molar-refractivity contribution in [3.05, 3.63) is 81.1 Å². The summed E-state index contributed by atoms with van der Waals surface area (Å²) in [6, 6.07) is 8.41. The number of aromatic nitrogens is 3. The second-order valence-electron chi connectivity index (χ2n) is 10.9. The number of halogens is 2. The zero-order chi connectivity index (χ0) is 25.4. The predicted molar refractivity (Wildman–Crippen MR) is 149 cm³/mol. The van der Waals surface area contributed by atoms with Crippen molar-refractivity contribution in [2.24, 2.45) is 11.8 Å². The molecule has 4 atom stereocenters. The first-order valence-corrected chi connectivity index (χ1v) is 14.6. The molecule has 2 saturated heterocycles. The lowest BCUT2D eigenvalue weighted by molar-refractivity contribution is -0.136. The number of piperidine rings is 2. The van der Waals surface area contributed by atoms with E-state index in [1.54, 1.807) is 0 Å². The van der Waals surface area contributed by atoms with Crippen molar-refractivity contribution in [1.82, 2.24) is 24.8 Å². The highest BCUT2D eigenvalue weighted by Crippen LogP contribution is 2.43. The van der Waals surface area contributed by atoms with E-state index in [-0.39, 0.29) is 17.9 Å². The fourth-order valence-corrected chi connectivity index (χ4v) is 7.30. The summed E-state index contributed by atoms with van der Waals surface area (Å²) in [4.78, 5) is 25.0. The lowest BCUT2D eigenvalue weighted by Crippen LogP contribution is -2.53. The fraction of sp³-hybridized carbons (Fsp3) is 0.483. The summed E-state index contributed by atoms with van der Waals surface area (Å²) in [5.74, 6) is 1.24. The summed E-state index contributed by atoms with van der Waals surface area (Å²) in [6.07, 6.45) is 13.6. The number of amides is 1. The van der Waals surface area contributed by atoms with Crippen LogP contribution in [0.25, 0.3) is 0 Å². The molecule has 2 aliphatic heterocycles. The number of pyridine rings is 1. The summed E-state index contributed by atoms with van der Waals surface area (Å²) in [7, 11) is 0. The van der Waals surface area contributed by atoms with Gasteiger partial charge in [0.15, 0.2) is 0 Å². The number of fused-ring (bicyclic) bond motifs is 2. The van der Waals surface area contributed by atoms with Crippen LogP contribution in [0.15, 0.2) is 53.7 Å². The number of nitrogens with zero attached hydrogens (tertiary/aromatic N) is 4. The molecule has 0 saturated carbocycles. The van der Waals surface area contributed by atoms with Gasteiger partial charge in [-0.3, -0.25) is 9.78 Å². The van der Waals surface area contributed by atoms with E-state index in [1.807, 2.05) is 31.0 Å². The molecule has 3 aliphatic rings. The zero-order valence-corrected chi connectivity index (χ0v) is 23.3. The van der Waals surface area contributed by atoms with E-state index < -0.39 is 0 Å². The van der Waals surface area contributed by atoms with Crippen LogP contribution in [0.1, 0.15) is 54.0 Å². The zero-order valence-electron chi connectivity index (χ0n) is 21.0. The van der Waals surface area contributed by atoms with Gasteiger partial charge in [0.2, 0.25) is 5.91 Å². The van der Waals surface area contributed by atoms with E-state index in [4.69, 9.17) is 16.6 Å². The van der Waals surface area contributed by atoms with Crippen molar-refractivity contribution < 1.29 is 4.79 Å². The molecule has 4 heterocycles. The number of rotatable bonds is 4. The standard InChI is InChI=1S/C29H33BrClN5O/c30-23-12-22-4-3-20-13-24(31)5-6-25(20)27(28(22)34-15-23)21-7-8-33-26(14-21)29(37)36-10-1-2-19(17-36)16-35-11-9-32-18-35/h5-6,9,11-13,15,18-19,21,26-27,33H,1-4,7-8,10,14,16-17H2/t19-,21?,26?,27+/m1/s1. The molecule has 0 radical (unpaired) electrons. The van der Waals surface area contributed by atoms with Gasteiger partial charge in [0.05, 0.1) is 18.1 Å². The Balaban J connectivity index is 1.23. The van der Waals surface area contributed by atoms with Gasteiger partial charge in [-0.15, -0.1) is 0 Å². The Morgan fingerprint density at radius 2 is 2.08 bits per heavy atom. The minimum Gasteiger partial charge on any atom is -0.341 e. The van der Waals surface area contributed by atoms with E-state index >= 15 is 0 Å². The Morgan fingerprint density at radius 1 is 1.19 bits per heavy atom. The summed E-state index contributed by atoms with van der Waals surface area (Å²) >= 11 is 10.0. The molecular formula is C29H33BrClN5O. The molecule has 1 aliphatic carbocycles. The third-order valence-electron chi connectivity index (χ3n) is 8.44. The van der Waals surface area contributed by atoms with Crippen LogP contribution >= 0.6 is 27.5 Å². The molecular weight excluding hydrogens is 550 g/mol. The van der Waals surface area contributed by atoms with E-state index in [2.05, 4.69) is 53.9 Å². The molecule has 6 nitrogen and oxygen atoms in total. The maximum atomic E-state index is 13.8. The molecule has 8 heteroatoms. The normalized spacial score (nSPS) is 25.7. The third-order valence-corrected chi connectivity index (χ3v) is 9.11. The smallest absolute Gasteiger partial charge is 0.239 e. The van der Waals surface area contributed by atoms with Gasteiger partial charge in [0.25, 0.3) is 0 Å². The first kappa shape index (κ1) is 25.1. The highest BCUT2D eigenvalue weighted by molar-refractivity contribution is 9.10. The first-order valence-electron chi connectivity index (χ1n) is 13.5. The average Bonchev–Trinajstić information content (AvgIpc) is 3.37. The van der Waals surface area contributed by atoms with Crippen molar-refractivity contribution in [1.29, 1.82) is 0 Å². The molecule has 1 amide bonds. The highest BCUT2D eigenvalue weighted by Gasteiger charge is 2.38. The maximum absolute atomic E-state index is 13.8. The van der Waals surface area contributed by atoms with Gasteiger partial charge in [-0.2, -0.15) is 0 Å². The van der Waals surface area contributed by atoms with Crippen LogP contribution in [0.3, 0.4) is 0 Å². The van der Waals surface area contributed by atoms with Gasteiger partial charge in [-0.25, -0.2) is 4.98 Å². The van der Waals surface area contributed by atoms with Gasteiger partial charge in [-0.1, -0.05) is 17.7 Å². The van der Waals surface area contributed by atoms with Gasteiger partial charge in [0.1, 0.15) is 0 Å². The molecule has 0 bridgehead atoms. The van der Waals surface area contributed by atoms with E-state index in [0.717, 1.165) is 74.2 Å². The minimum absolute atomic E-state index is 0.149. The highest BCUT2D eigenvalue weighted by atomic mass is 79.9. The largest absolute Gasteiger partial charge is 0.341 e. The molecule has 0 spiro atoms. The number of hydrogen-bond acceptors (Lipinski definition) is 4. The van der Waals surface area contributed by atoms with Gasteiger partial charge in [-0.05, 0) is 108 Å². The molecule has 3 aromatic rings. The van der Waals surface area contributed by atoms with E-state index in [9.17, 15) is 4.79 Å². The Labute approximate surface area is 232 Å². The quantitative estimate of drug-likeness (QED) is 0.458. The molecule has 1 aromatic carbocycles. The van der Waals surface area contributed by atoms with Crippen LogP contribution in [0, 0.1) is 11.8 Å². The van der Waals surface area contributed by atoms with Gasteiger partial charge < -0.3 is 14.8 Å². The number of carbonyl (C=O) groups is 1. The number of benzene rings is 1. The second-order valence-corrected chi connectivity index (χ2v) is 12.2. The summed E-state index contributed by atoms with van der Waals surface area (Å²) in [5, 5.41) is 4.36. The average molecular weight is 583 g/mol. The van der Waals surface area contributed by atoms with Crippen molar-refractivity contribution in [3.63, 3.8) is 0 Å². The molecule has 1 N–H and O–H groups in total. The summed E-state index contributed by atoms with van der Waals surface area (Å²) in [6.45, 7) is 3.44. The van der Waals surface area contributed by atoms with Crippen molar-refractivity contribution >= 4 is 33.4 Å². The third kappa shape index (κ3) is 5.36. The first-order chi connectivity index (χ1) is 18.0. The minimum atomic E-state index is -0.149.